The summed E-state index contributed by atoms with van der Waals surface area (Å²) in [4.78, 5) is 22.9. The summed E-state index contributed by atoms with van der Waals surface area (Å²) in [6, 6.07) is 5.29. The molecule has 2 N–H and O–H groups in total. The first kappa shape index (κ1) is 16.8. The number of carbonyl (C=O) groups is 2. The molecule has 0 aromatic heterocycles. The zero-order chi connectivity index (χ0) is 16.0. The maximum atomic E-state index is 12.0. The third-order valence-electron chi connectivity index (χ3n) is 3.49. The number of hydrogen-bond donors (Lipinski definition) is 2. The Hall–Kier alpha value is -2.24. The first-order valence-corrected chi connectivity index (χ1v) is 6.62. The number of carboxylic acids is 1. The van der Waals surface area contributed by atoms with Crippen molar-refractivity contribution in [2.24, 2.45) is 11.8 Å². The number of hydrogen-bond acceptors (Lipinski definition) is 4. The van der Waals surface area contributed by atoms with Gasteiger partial charge in [-0.15, -0.1) is 0 Å². The summed E-state index contributed by atoms with van der Waals surface area (Å²) in [5, 5.41) is 11.6. The number of methoxy groups -OCH3 is 2. The largest absolute Gasteiger partial charge is 0.497 e. The van der Waals surface area contributed by atoms with Crippen LogP contribution < -0.4 is 14.8 Å². The van der Waals surface area contributed by atoms with Gasteiger partial charge >= 0.3 is 5.97 Å². The molecule has 0 saturated heterocycles. The lowest BCUT2D eigenvalue weighted by atomic mass is 9.95. The van der Waals surface area contributed by atoms with E-state index in [9.17, 15) is 9.59 Å². The first-order chi connectivity index (χ1) is 9.90. The van der Waals surface area contributed by atoms with E-state index in [1.54, 1.807) is 39.3 Å². The third-order valence-corrected chi connectivity index (χ3v) is 3.49. The van der Waals surface area contributed by atoms with Gasteiger partial charge in [0.05, 0.1) is 20.1 Å². The smallest absolute Gasteiger partial charge is 0.307 e. The standard InChI is InChI=1S/C15H21NO5/c1-9(10(2)15(18)19)14(17)16-8-11-7-12(20-3)5-6-13(11)21-4/h5-7,9-10H,8H2,1-4H3,(H,16,17)(H,18,19). The molecule has 1 amide bonds. The fraction of sp³-hybridized carbons (Fsp3) is 0.467. The highest BCUT2D eigenvalue weighted by atomic mass is 16.5. The summed E-state index contributed by atoms with van der Waals surface area (Å²) in [5.74, 6) is -1.36. The molecule has 6 heteroatoms. The number of benzene rings is 1. The van der Waals surface area contributed by atoms with Crippen LogP contribution in [0.5, 0.6) is 11.5 Å². The molecule has 1 rings (SSSR count). The highest BCUT2D eigenvalue weighted by Crippen LogP contribution is 2.24. The lowest BCUT2D eigenvalue weighted by Crippen LogP contribution is -2.34. The highest BCUT2D eigenvalue weighted by Gasteiger charge is 2.25. The molecular weight excluding hydrogens is 274 g/mol. The Morgan fingerprint density at radius 3 is 2.38 bits per heavy atom. The van der Waals surface area contributed by atoms with Gasteiger partial charge in [-0.2, -0.15) is 0 Å². The van der Waals surface area contributed by atoms with Crippen LogP contribution in [0.1, 0.15) is 19.4 Å². The number of carboxylic acid groups (broad SMARTS) is 1. The summed E-state index contributed by atoms with van der Waals surface area (Å²) in [7, 11) is 3.10. The van der Waals surface area contributed by atoms with E-state index in [1.807, 2.05) is 0 Å². The van der Waals surface area contributed by atoms with Crippen LogP contribution in [-0.4, -0.2) is 31.2 Å². The number of ether oxygens (including phenoxy) is 2. The Bertz CT molecular complexity index is 515. The van der Waals surface area contributed by atoms with Gasteiger partial charge in [0.15, 0.2) is 0 Å². The summed E-state index contributed by atoms with van der Waals surface area (Å²) < 4.78 is 10.4. The second-order valence-electron chi connectivity index (χ2n) is 4.81. The van der Waals surface area contributed by atoms with Crippen LogP contribution in [0.15, 0.2) is 18.2 Å². The van der Waals surface area contributed by atoms with Gasteiger partial charge in [0.2, 0.25) is 5.91 Å². The lowest BCUT2D eigenvalue weighted by Gasteiger charge is -2.17. The molecule has 1 aromatic rings. The Morgan fingerprint density at radius 1 is 1.19 bits per heavy atom. The third kappa shape index (κ3) is 4.37. The summed E-state index contributed by atoms with van der Waals surface area (Å²) in [5.41, 5.74) is 0.764. The van der Waals surface area contributed by atoms with E-state index in [0.29, 0.717) is 11.5 Å². The van der Waals surface area contributed by atoms with Gasteiger partial charge in [0.1, 0.15) is 11.5 Å². The van der Waals surface area contributed by atoms with Crippen LogP contribution in [-0.2, 0) is 16.1 Å². The maximum absolute atomic E-state index is 12.0. The SMILES string of the molecule is COc1ccc(OC)c(CNC(=O)C(C)C(C)C(=O)O)c1. The Labute approximate surface area is 124 Å². The van der Waals surface area contributed by atoms with Crippen LogP contribution in [0.25, 0.3) is 0 Å². The number of aliphatic carboxylic acids is 1. The summed E-state index contributed by atoms with van der Waals surface area (Å²) in [6.45, 7) is 3.35. The van der Waals surface area contributed by atoms with Gasteiger partial charge in [-0.3, -0.25) is 9.59 Å². The number of amides is 1. The molecule has 116 valence electrons. The minimum atomic E-state index is -0.989. The molecule has 0 saturated carbocycles. The summed E-state index contributed by atoms with van der Waals surface area (Å²) in [6.07, 6.45) is 0. The van der Waals surface area contributed by atoms with Crippen LogP contribution in [0, 0.1) is 11.8 Å². The Morgan fingerprint density at radius 2 is 1.86 bits per heavy atom. The summed E-state index contributed by atoms with van der Waals surface area (Å²) >= 11 is 0. The van der Waals surface area contributed by atoms with Gasteiger partial charge < -0.3 is 19.9 Å². The van der Waals surface area contributed by atoms with Crippen molar-refractivity contribution in [2.45, 2.75) is 20.4 Å². The van der Waals surface area contributed by atoms with Crippen molar-refractivity contribution in [1.29, 1.82) is 0 Å². The van der Waals surface area contributed by atoms with Crippen molar-refractivity contribution in [2.75, 3.05) is 14.2 Å². The fourth-order valence-corrected chi connectivity index (χ4v) is 1.80. The normalized spacial score (nSPS) is 13.1. The quantitative estimate of drug-likeness (QED) is 0.799. The van der Waals surface area contributed by atoms with Gasteiger partial charge in [-0.1, -0.05) is 13.8 Å². The molecule has 0 radical (unpaired) electrons. The van der Waals surface area contributed by atoms with E-state index in [0.717, 1.165) is 5.56 Å². The molecule has 0 aliphatic heterocycles. The minimum Gasteiger partial charge on any atom is -0.497 e. The predicted octanol–water partition coefficient (Wildman–Crippen LogP) is 1.68. The first-order valence-electron chi connectivity index (χ1n) is 6.62. The van der Waals surface area contributed by atoms with E-state index >= 15 is 0 Å². The molecule has 21 heavy (non-hydrogen) atoms. The molecule has 1 aromatic carbocycles. The molecule has 6 nitrogen and oxygen atoms in total. The monoisotopic (exact) mass is 295 g/mol. The second kappa shape index (κ2) is 7.52. The Balaban J connectivity index is 2.74. The van der Waals surface area contributed by atoms with Crippen molar-refractivity contribution >= 4 is 11.9 Å². The highest BCUT2D eigenvalue weighted by molar-refractivity contribution is 5.84. The lowest BCUT2D eigenvalue weighted by molar-refractivity contribution is -0.146. The van der Waals surface area contributed by atoms with Crippen molar-refractivity contribution < 1.29 is 24.2 Å². The van der Waals surface area contributed by atoms with Crippen LogP contribution in [0.3, 0.4) is 0 Å². The van der Waals surface area contributed by atoms with Crippen LogP contribution in [0.2, 0.25) is 0 Å². The molecule has 0 aliphatic rings. The minimum absolute atomic E-state index is 0.246. The van der Waals surface area contributed by atoms with Gasteiger partial charge in [-0.05, 0) is 18.2 Å². The number of nitrogens with one attached hydrogen (secondary N) is 1. The van der Waals surface area contributed by atoms with Crippen molar-refractivity contribution in [3.05, 3.63) is 23.8 Å². The van der Waals surface area contributed by atoms with E-state index in [2.05, 4.69) is 5.32 Å². The Kier molecular flexibility index (Phi) is 6.02. The molecule has 0 fully saturated rings. The van der Waals surface area contributed by atoms with Gasteiger partial charge in [0, 0.05) is 18.0 Å². The van der Waals surface area contributed by atoms with Gasteiger partial charge in [-0.25, -0.2) is 0 Å². The zero-order valence-electron chi connectivity index (χ0n) is 12.7. The van der Waals surface area contributed by atoms with Crippen LogP contribution in [0.4, 0.5) is 0 Å². The molecule has 0 bridgehead atoms. The molecular formula is C15H21NO5. The maximum Gasteiger partial charge on any atom is 0.307 e. The topological polar surface area (TPSA) is 84.9 Å². The van der Waals surface area contributed by atoms with Crippen molar-refractivity contribution in [3.63, 3.8) is 0 Å². The molecule has 0 aliphatic carbocycles. The predicted molar refractivity (Wildman–Crippen MR) is 77.4 cm³/mol. The number of rotatable bonds is 7. The molecule has 2 unspecified atom stereocenters. The molecule has 2 atom stereocenters. The van der Waals surface area contributed by atoms with E-state index in [4.69, 9.17) is 14.6 Å². The van der Waals surface area contributed by atoms with Gasteiger partial charge in [0.25, 0.3) is 0 Å². The average molecular weight is 295 g/mol. The second-order valence-corrected chi connectivity index (χ2v) is 4.81. The number of carbonyl (C=O) groups excluding carboxylic acids is 1. The van der Waals surface area contributed by atoms with E-state index in [1.165, 1.54) is 6.92 Å². The van der Waals surface area contributed by atoms with E-state index < -0.39 is 17.8 Å². The van der Waals surface area contributed by atoms with Crippen LogP contribution >= 0.6 is 0 Å². The zero-order valence-corrected chi connectivity index (χ0v) is 12.7. The molecule has 0 spiro atoms. The average Bonchev–Trinajstić information content (AvgIpc) is 2.50. The van der Waals surface area contributed by atoms with Crippen molar-refractivity contribution in [3.8, 4) is 11.5 Å². The fourth-order valence-electron chi connectivity index (χ4n) is 1.80. The molecule has 0 heterocycles. The van der Waals surface area contributed by atoms with Crippen molar-refractivity contribution in [1.82, 2.24) is 5.32 Å². The van der Waals surface area contributed by atoms with E-state index in [-0.39, 0.29) is 12.5 Å².